The van der Waals surface area contributed by atoms with Crippen molar-refractivity contribution in [1.82, 2.24) is 4.98 Å². The van der Waals surface area contributed by atoms with E-state index in [1.807, 2.05) is 18.3 Å². The van der Waals surface area contributed by atoms with Crippen LogP contribution in [0.15, 0.2) is 22.9 Å². The first-order valence-electron chi connectivity index (χ1n) is 2.95. The van der Waals surface area contributed by atoms with Gasteiger partial charge in [0.25, 0.3) is 0 Å². The number of aromatic nitrogens is 1. The van der Waals surface area contributed by atoms with E-state index in [0.717, 1.165) is 4.60 Å². The van der Waals surface area contributed by atoms with E-state index in [1.165, 1.54) is 5.56 Å². The monoisotopic (exact) mass is 263 g/mol. The summed E-state index contributed by atoms with van der Waals surface area (Å²) in [5, 5.41) is 0. The lowest BCUT2D eigenvalue weighted by atomic mass is 10.2. The molecule has 0 aliphatic heterocycles. The molecule has 0 saturated heterocycles. The summed E-state index contributed by atoms with van der Waals surface area (Å²) in [4.78, 5) is 4.47. The molecule has 1 aromatic heterocycles. The van der Waals surface area contributed by atoms with E-state index >= 15 is 0 Å². The Labute approximate surface area is 77.1 Å². The lowest BCUT2D eigenvalue weighted by Gasteiger charge is -2.00. The third-order valence-corrected chi connectivity index (χ3v) is 2.21. The van der Waals surface area contributed by atoms with Gasteiger partial charge in [0.05, 0.1) is 0 Å². The minimum absolute atomic E-state index is 0.382. The fraction of sp³-hybridized carbons (Fsp3) is 0.286. The maximum absolute atomic E-state index is 4.09. The summed E-state index contributed by atoms with van der Waals surface area (Å²) in [6.07, 6.45) is 1.85. The average Bonchev–Trinajstić information content (AvgIpc) is 1.88. The predicted octanol–water partition coefficient (Wildman–Crippen LogP) is 3.30. The fourth-order valence-electron chi connectivity index (χ4n) is 0.623. The number of rotatable bonds is 1. The van der Waals surface area contributed by atoms with Gasteiger partial charge in [-0.3, -0.25) is 0 Å². The van der Waals surface area contributed by atoms with Gasteiger partial charge in [0.2, 0.25) is 0 Å². The number of alkyl halides is 1. The van der Waals surface area contributed by atoms with Gasteiger partial charge in [0.1, 0.15) is 4.60 Å². The summed E-state index contributed by atoms with van der Waals surface area (Å²) in [5.41, 5.74) is 1.20. The van der Waals surface area contributed by atoms with Crippen LogP contribution >= 0.6 is 31.9 Å². The first-order chi connectivity index (χ1) is 4.70. The molecule has 0 aliphatic rings. The molecule has 54 valence electrons. The van der Waals surface area contributed by atoms with Crippen molar-refractivity contribution in [2.75, 3.05) is 0 Å². The highest BCUT2D eigenvalue weighted by Crippen LogP contribution is 2.21. The molecule has 0 saturated carbocycles. The van der Waals surface area contributed by atoms with Crippen LogP contribution in [0, 0.1) is 0 Å². The molecule has 0 aromatic carbocycles. The van der Waals surface area contributed by atoms with Crippen LogP contribution < -0.4 is 0 Å². The quantitative estimate of drug-likeness (QED) is 0.560. The summed E-state index contributed by atoms with van der Waals surface area (Å²) in [5.74, 6) is 0. The van der Waals surface area contributed by atoms with Crippen molar-refractivity contribution in [2.45, 2.75) is 11.8 Å². The normalized spacial score (nSPS) is 13.1. The van der Waals surface area contributed by atoms with E-state index in [4.69, 9.17) is 0 Å². The summed E-state index contributed by atoms with van der Waals surface area (Å²) in [7, 11) is 0. The number of nitrogens with zero attached hydrogens (tertiary/aromatic N) is 1. The van der Waals surface area contributed by atoms with Crippen molar-refractivity contribution in [3.05, 3.63) is 28.5 Å². The second-order valence-corrected chi connectivity index (χ2v) is 4.22. The van der Waals surface area contributed by atoms with Crippen LogP contribution in [0.25, 0.3) is 0 Å². The molecule has 0 fully saturated rings. The Morgan fingerprint density at radius 1 is 1.50 bits per heavy atom. The molecule has 0 amide bonds. The highest BCUT2D eigenvalue weighted by atomic mass is 79.9. The zero-order valence-electron chi connectivity index (χ0n) is 5.51. The number of pyridine rings is 1. The average molecular weight is 265 g/mol. The Morgan fingerprint density at radius 2 is 2.20 bits per heavy atom. The van der Waals surface area contributed by atoms with E-state index in [9.17, 15) is 0 Å². The van der Waals surface area contributed by atoms with Gasteiger partial charge < -0.3 is 0 Å². The third kappa shape index (κ3) is 2.06. The Morgan fingerprint density at radius 3 is 2.60 bits per heavy atom. The van der Waals surface area contributed by atoms with Crippen molar-refractivity contribution in [2.24, 2.45) is 0 Å². The molecular formula is C7H7Br2N. The van der Waals surface area contributed by atoms with Crippen LogP contribution in [0.3, 0.4) is 0 Å². The van der Waals surface area contributed by atoms with Crippen LogP contribution in [-0.2, 0) is 0 Å². The van der Waals surface area contributed by atoms with Crippen molar-refractivity contribution in [3.63, 3.8) is 0 Å². The molecule has 0 spiro atoms. The Balaban J connectivity index is 2.89. The summed E-state index contributed by atoms with van der Waals surface area (Å²) < 4.78 is 0.879. The van der Waals surface area contributed by atoms with Crippen LogP contribution in [0.2, 0.25) is 0 Å². The molecule has 1 atom stereocenters. The first kappa shape index (κ1) is 8.21. The van der Waals surface area contributed by atoms with Gasteiger partial charge in [-0.05, 0) is 34.5 Å². The topological polar surface area (TPSA) is 12.9 Å². The predicted molar refractivity (Wildman–Crippen MR) is 49.3 cm³/mol. The molecule has 1 aromatic rings. The molecule has 0 N–H and O–H groups in total. The van der Waals surface area contributed by atoms with Crippen LogP contribution in [0.1, 0.15) is 17.3 Å². The van der Waals surface area contributed by atoms with Crippen LogP contribution in [0.5, 0.6) is 0 Å². The minimum atomic E-state index is 0.382. The van der Waals surface area contributed by atoms with Gasteiger partial charge in [-0.25, -0.2) is 4.98 Å². The Bertz CT molecular complexity index is 205. The van der Waals surface area contributed by atoms with Gasteiger partial charge in [0, 0.05) is 11.0 Å². The van der Waals surface area contributed by atoms with E-state index in [2.05, 4.69) is 43.8 Å². The molecule has 10 heavy (non-hydrogen) atoms. The molecular weight excluding hydrogens is 258 g/mol. The summed E-state index contributed by atoms with van der Waals surface area (Å²) in [6.45, 7) is 2.07. The van der Waals surface area contributed by atoms with Crippen LogP contribution in [0.4, 0.5) is 0 Å². The Hall–Kier alpha value is 0.110. The standard InChI is InChI=1S/C7H7Br2N/c1-5(8)6-2-3-7(9)10-4-6/h2-5H,1H3/t5-/m0/s1. The summed E-state index contributed by atoms with van der Waals surface area (Å²) in [6, 6.07) is 3.98. The van der Waals surface area contributed by atoms with Gasteiger partial charge in [-0.15, -0.1) is 0 Å². The molecule has 0 radical (unpaired) electrons. The number of hydrogen-bond acceptors (Lipinski definition) is 1. The van der Waals surface area contributed by atoms with Crippen molar-refractivity contribution < 1.29 is 0 Å². The highest BCUT2D eigenvalue weighted by Gasteiger charge is 1.98. The highest BCUT2D eigenvalue weighted by molar-refractivity contribution is 9.10. The maximum Gasteiger partial charge on any atom is 0.106 e. The summed E-state index contributed by atoms with van der Waals surface area (Å²) >= 11 is 6.72. The van der Waals surface area contributed by atoms with Gasteiger partial charge in [-0.1, -0.05) is 22.0 Å². The zero-order valence-corrected chi connectivity index (χ0v) is 8.68. The van der Waals surface area contributed by atoms with Gasteiger partial charge in [0.15, 0.2) is 0 Å². The second kappa shape index (κ2) is 3.49. The Kier molecular flexibility index (Phi) is 2.86. The SMILES string of the molecule is C[C@H](Br)c1ccc(Br)nc1. The molecule has 1 rings (SSSR count). The second-order valence-electron chi connectivity index (χ2n) is 2.03. The van der Waals surface area contributed by atoms with E-state index in [0.29, 0.717) is 4.83 Å². The smallest absolute Gasteiger partial charge is 0.106 e. The molecule has 1 heterocycles. The fourth-order valence-corrected chi connectivity index (χ4v) is 1.13. The van der Waals surface area contributed by atoms with Crippen molar-refractivity contribution in [3.8, 4) is 0 Å². The first-order valence-corrected chi connectivity index (χ1v) is 4.66. The molecule has 1 nitrogen and oxygen atoms in total. The van der Waals surface area contributed by atoms with E-state index < -0.39 is 0 Å². The lowest BCUT2D eigenvalue weighted by Crippen LogP contribution is -1.84. The van der Waals surface area contributed by atoms with Crippen molar-refractivity contribution >= 4 is 31.9 Å². The third-order valence-electron chi connectivity index (χ3n) is 1.21. The minimum Gasteiger partial charge on any atom is -0.249 e. The molecule has 0 unspecified atom stereocenters. The van der Waals surface area contributed by atoms with Gasteiger partial charge >= 0.3 is 0 Å². The van der Waals surface area contributed by atoms with Crippen molar-refractivity contribution in [1.29, 1.82) is 0 Å². The van der Waals surface area contributed by atoms with E-state index in [-0.39, 0.29) is 0 Å². The molecule has 3 heteroatoms. The van der Waals surface area contributed by atoms with Gasteiger partial charge in [-0.2, -0.15) is 0 Å². The number of hydrogen-bond donors (Lipinski definition) is 0. The number of halogens is 2. The van der Waals surface area contributed by atoms with Crippen LogP contribution in [-0.4, -0.2) is 4.98 Å². The maximum atomic E-state index is 4.09. The largest absolute Gasteiger partial charge is 0.249 e. The van der Waals surface area contributed by atoms with E-state index in [1.54, 1.807) is 0 Å². The molecule has 0 aliphatic carbocycles. The lowest BCUT2D eigenvalue weighted by molar-refractivity contribution is 1.08. The molecule has 0 bridgehead atoms. The zero-order chi connectivity index (χ0) is 7.56.